The van der Waals surface area contributed by atoms with Crippen LogP contribution in [0.3, 0.4) is 0 Å². The van der Waals surface area contributed by atoms with Gasteiger partial charge in [-0.1, -0.05) is 6.58 Å². The molecule has 1 aliphatic rings. The van der Waals surface area contributed by atoms with Crippen molar-refractivity contribution in [2.45, 2.75) is 38.6 Å². The van der Waals surface area contributed by atoms with E-state index in [0.717, 1.165) is 12.8 Å². The first kappa shape index (κ1) is 12.7. The van der Waals surface area contributed by atoms with Crippen LogP contribution in [0, 0.1) is 16.0 Å². The van der Waals surface area contributed by atoms with Crippen molar-refractivity contribution in [3.05, 3.63) is 22.5 Å². The molecule has 5 heteroatoms. The van der Waals surface area contributed by atoms with Gasteiger partial charge in [-0.15, -0.1) is 0 Å². The van der Waals surface area contributed by atoms with Gasteiger partial charge in [0.25, 0.3) is 0 Å². The van der Waals surface area contributed by atoms with E-state index in [-0.39, 0.29) is 28.8 Å². The molecule has 1 saturated carbocycles. The second-order valence-corrected chi connectivity index (χ2v) is 4.03. The van der Waals surface area contributed by atoms with Crippen molar-refractivity contribution in [2.24, 2.45) is 5.92 Å². The second kappa shape index (κ2) is 5.63. The number of nitro groups is 1. The standard InChI is InChI=1S/C11H17NO4/c1-3-16-8(2)11(13)7-9-5-4-6-10(9)12(14)15/h9-10H,2-7H2,1H3/t9-,10-/m1/s1. The lowest BCUT2D eigenvalue weighted by molar-refractivity contribution is -0.528. The summed E-state index contributed by atoms with van der Waals surface area (Å²) in [6.07, 6.45) is 2.33. The molecule has 0 aromatic rings. The molecule has 0 aromatic carbocycles. The molecule has 0 bridgehead atoms. The molecule has 2 atom stereocenters. The van der Waals surface area contributed by atoms with E-state index in [1.165, 1.54) is 0 Å². The maximum Gasteiger partial charge on any atom is 0.216 e. The maximum atomic E-state index is 11.6. The van der Waals surface area contributed by atoms with E-state index in [1.807, 2.05) is 0 Å². The zero-order chi connectivity index (χ0) is 12.1. The van der Waals surface area contributed by atoms with E-state index >= 15 is 0 Å². The van der Waals surface area contributed by atoms with Gasteiger partial charge in [0.2, 0.25) is 6.04 Å². The fourth-order valence-electron chi connectivity index (χ4n) is 2.14. The van der Waals surface area contributed by atoms with Gasteiger partial charge in [-0.3, -0.25) is 14.9 Å². The average molecular weight is 227 g/mol. The number of carbonyl (C=O) groups is 1. The number of rotatable bonds is 6. The van der Waals surface area contributed by atoms with Crippen molar-refractivity contribution >= 4 is 5.78 Å². The number of ketones is 1. The Morgan fingerprint density at radius 3 is 2.81 bits per heavy atom. The quantitative estimate of drug-likeness (QED) is 0.301. The van der Waals surface area contributed by atoms with Crippen molar-refractivity contribution in [3.8, 4) is 0 Å². The Morgan fingerprint density at radius 2 is 2.25 bits per heavy atom. The van der Waals surface area contributed by atoms with Crippen LogP contribution in [0.1, 0.15) is 32.6 Å². The minimum absolute atomic E-state index is 0.122. The van der Waals surface area contributed by atoms with E-state index < -0.39 is 6.04 Å². The highest BCUT2D eigenvalue weighted by molar-refractivity contribution is 5.93. The summed E-state index contributed by atoms with van der Waals surface area (Å²) in [5, 5.41) is 10.7. The fourth-order valence-corrected chi connectivity index (χ4v) is 2.14. The molecule has 1 fully saturated rings. The third kappa shape index (κ3) is 3.05. The third-order valence-electron chi connectivity index (χ3n) is 2.97. The number of hydrogen-bond donors (Lipinski definition) is 0. The molecule has 0 N–H and O–H groups in total. The highest BCUT2D eigenvalue weighted by atomic mass is 16.6. The molecule has 0 aromatic heterocycles. The minimum atomic E-state index is -0.571. The molecule has 90 valence electrons. The van der Waals surface area contributed by atoms with Crippen molar-refractivity contribution in [3.63, 3.8) is 0 Å². The summed E-state index contributed by atoms with van der Waals surface area (Å²) >= 11 is 0. The van der Waals surface area contributed by atoms with Gasteiger partial charge in [0.05, 0.1) is 6.61 Å². The summed E-state index contributed by atoms with van der Waals surface area (Å²) in [7, 11) is 0. The van der Waals surface area contributed by atoms with Gasteiger partial charge in [0, 0.05) is 23.7 Å². The van der Waals surface area contributed by atoms with Gasteiger partial charge in [-0.25, -0.2) is 0 Å². The molecule has 1 aliphatic carbocycles. The lowest BCUT2D eigenvalue weighted by atomic mass is 9.97. The number of nitrogens with zero attached hydrogens (tertiary/aromatic N) is 1. The van der Waals surface area contributed by atoms with Gasteiger partial charge in [-0.2, -0.15) is 0 Å². The van der Waals surface area contributed by atoms with E-state index in [4.69, 9.17) is 4.74 Å². The summed E-state index contributed by atoms with van der Waals surface area (Å²) in [5.74, 6) is -0.239. The molecule has 16 heavy (non-hydrogen) atoms. The Balaban J connectivity index is 2.50. The Morgan fingerprint density at radius 1 is 1.56 bits per heavy atom. The molecule has 0 heterocycles. The van der Waals surface area contributed by atoms with Crippen molar-refractivity contribution < 1.29 is 14.5 Å². The second-order valence-electron chi connectivity index (χ2n) is 4.03. The number of carbonyl (C=O) groups excluding carboxylic acids is 1. The van der Waals surface area contributed by atoms with Gasteiger partial charge >= 0.3 is 0 Å². The Bertz CT molecular complexity index is 300. The number of allylic oxidation sites excluding steroid dienone is 1. The Hall–Kier alpha value is -1.39. The van der Waals surface area contributed by atoms with Crippen LogP contribution in [0.2, 0.25) is 0 Å². The van der Waals surface area contributed by atoms with E-state index in [9.17, 15) is 14.9 Å². The highest BCUT2D eigenvalue weighted by Gasteiger charge is 2.37. The van der Waals surface area contributed by atoms with E-state index in [1.54, 1.807) is 6.92 Å². The Labute approximate surface area is 94.6 Å². The van der Waals surface area contributed by atoms with E-state index in [0.29, 0.717) is 13.0 Å². The van der Waals surface area contributed by atoms with Crippen LogP contribution in [0.15, 0.2) is 12.3 Å². The lowest BCUT2D eigenvalue weighted by Crippen LogP contribution is -2.26. The number of ether oxygens (including phenoxy) is 1. The number of hydrogen-bond acceptors (Lipinski definition) is 4. The minimum Gasteiger partial charge on any atom is -0.491 e. The normalized spacial score (nSPS) is 24.1. The predicted molar refractivity (Wildman–Crippen MR) is 58.5 cm³/mol. The van der Waals surface area contributed by atoms with E-state index in [2.05, 4.69) is 6.58 Å². The summed E-state index contributed by atoms with van der Waals surface area (Å²) in [4.78, 5) is 22.1. The van der Waals surface area contributed by atoms with Crippen LogP contribution in [0.5, 0.6) is 0 Å². The van der Waals surface area contributed by atoms with Gasteiger partial charge < -0.3 is 4.74 Å². The monoisotopic (exact) mass is 227 g/mol. The molecule has 0 amide bonds. The molecule has 0 unspecified atom stereocenters. The predicted octanol–water partition coefficient (Wildman–Crippen LogP) is 1.94. The van der Waals surface area contributed by atoms with Crippen LogP contribution in [-0.4, -0.2) is 23.4 Å². The van der Waals surface area contributed by atoms with Gasteiger partial charge in [0.15, 0.2) is 11.5 Å². The summed E-state index contributed by atoms with van der Waals surface area (Å²) in [6, 6.07) is -0.571. The largest absolute Gasteiger partial charge is 0.491 e. The number of Topliss-reactive ketones (excluding diaryl/α,β-unsaturated/α-hetero) is 1. The highest BCUT2D eigenvalue weighted by Crippen LogP contribution is 2.31. The molecular formula is C11H17NO4. The Kier molecular flexibility index (Phi) is 4.46. The first-order valence-electron chi connectivity index (χ1n) is 5.54. The maximum absolute atomic E-state index is 11.6. The molecule has 0 aliphatic heterocycles. The zero-order valence-corrected chi connectivity index (χ0v) is 9.48. The fraction of sp³-hybridized carbons (Fsp3) is 0.727. The van der Waals surface area contributed by atoms with Crippen LogP contribution in [-0.2, 0) is 9.53 Å². The third-order valence-corrected chi connectivity index (χ3v) is 2.97. The molecule has 1 rings (SSSR count). The molecule has 0 spiro atoms. The van der Waals surface area contributed by atoms with Crippen molar-refractivity contribution in [1.29, 1.82) is 0 Å². The van der Waals surface area contributed by atoms with Crippen molar-refractivity contribution in [1.82, 2.24) is 0 Å². The molecular weight excluding hydrogens is 210 g/mol. The summed E-state index contributed by atoms with van der Waals surface area (Å²) in [5.41, 5.74) is 0. The van der Waals surface area contributed by atoms with Gasteiger partial charge in [0.1, 0.15) is 0 Å². The molecule has 5 nitrogen and oxygen atoms in total. The van der Waals surface area contributed by atoms with Crippen molar-refractivity contribution in [2.75, 3.05) is 6.61 Å². The first-order chi connectivity index (χ1) is 7.56. The smallest absolute Gasteiger partial charge is 0.216 e. The van der Waals surface area contributed by atoms with Crippen LogP contribution >= 0.6 is 0 Å². The first-order valence-corrected chi connectivity index (χ1v) is 5.54. The van der Waals surface area contributed by atoms with Crippen LogP contribution in [0.4, 0.5) is 0 Å². The van der Waals surface area contributed by atoms with Gasteiger partial charge in [-0.05, 0) is 19.8 Å². The van der Waals surface area contributed by atoms with Crippen LogP contribution < -0.4 is 0 Å². The molecule has 0 saturated heterocycles. The summed E-state index contributed by atoms with van der Waals surface area (Å²) < 4.78 is 5.00. The van der Waals surface area contributed by atoms with Crippen LogP contribution in [0.25, 0.3) is 0 Å². The zero-order valence-electron chi connectivity index (χ0n) is 9.48. The molecule has 0 radical (unpaired) electrons. The average Bonchev–Trinajstić information content (AvgIpc) is 2.66. The summed E-state index contributed by atoms with van der Waals surface area (Å²) in [6.45, 7) is 5.68. The lowest BCUT2D eigenvalue weighted by Gasteiger charge is -2.12. The topological polar surface area (TPSA) is 69.4 Å². The SMILES string of the molecule is C=C(OCC)C(=O)C[C@H]1CCC[C@H]1[N+](=O)[O-].